The minimum atomic E-state index is -0.737. The minimum Gasteiger partial charge on any atom is -0.494 e. The van der Waals surface area contributed by atoms with Crippen molar-refractivity contribution in [1.29, 1.82) is 5.41 Å². The monoisotopic (exact) mass is 583 g/mol. The van der Waals surface area contributed by atoms with Crippen molar-refractivity contribution < 1.29 is 23.4 Å². The van der Waals surface area contributed by atoms with Crippen molar-refractivity contribution in [3.8, 4) is 17.2 Å². The van der Waals surface area contributed by atoms with E-state index in [1.807, 2.05) is 39.0 Å². The van der Waals surface area contributed by atoms with Crippen LogP contribution in [0.5, 0.6) is 17.2 Å². The Kier molecular flexibility index (Phi) is 10.6. The molecule has 0 bridgehead atoms. The predicted molar refractivity (Wildman–Crippen MR) is 169 cm³/mol. The lowest BCUT2D eigenvalue weighted by Crippen LogP contribution is -2.45. The molecule has 0 unspecified atom stereocenters. The van der Waals surface area contributed by atoms with Gasteiger partial charge < -0.3 is 24.0 Å². The number of anilines is 1. The average molecular weight is 584 g/mol. The second kappa shape index (κ2) is 13.3. The molecule has 3 rings (SSSR count). The van der Waals surface area contributed by atoms with E-state index in [1.54, 1.807) is 18.9 Å². The summed E-state index contributed by atoms with van der Waals surface area (Å²) in [6.45, 7) is 20.4. The summed E-state index contributed by atoms with van der Waals surface area (Å²) in [4.78, 5) is 18.2. The fourth-order valence-electron chi connectivity index (χ4n) is 6.22. The molecule has 0 amide bonds. The predicted octanol–water partition coefficient (Wildman–Crippen LogP) is 7.70. The topological polar surface area (TPSA) is 75.1 Å². The molecule has 0 atom stereocenters. The van der Waals surface area contributed by atoms with Gasteiger partial charge in [0, 0.05) is 24.2 Å². The van der Waals surface area contributed by atoms with Crippen LogP contribution < -0.4 is 19.1 Å². The third kappa shape index (κ3) is 5.82. The Morgan fingerprint density at radius 3 is 2.14 bits per heavy atom. The van der Waals surface area contributed by atoms with Crippen molar-refractivity contribution in [3.63, 3.8) is 0 Å². The van der Waals surface area contributed by atoms with Gasteiger partial charge in [-0.1, -0.05) is 41.5 Å². The maximum atomic E-state index is 16.1. The van der Waals surface area contributed by atoms with Crippen LogP contribution in [0.4, 0.5) is 10.1 Å². The van der Waals surface area contributed by atoms with Gasteiger partial charge >= 0.3 is 0 Å². The zero-order chi connectivity index (χ0) is 31.4. The minimum absolute atomic E-state index is 0.00509. The number of ketones is 1. The molecule has 0 aliphatic carbocycles. The fraction of sp³-hybridized carbons (Fsp3) is 0.588. The maximum absolute atomic E-state index is 16.1. The normalized spacial score (nSPS) is 14.2. The van der Waals surface area contributed by atoms with E-state index >= 15 is 4.39 Å². The molecule has 8 heteroatoms. The van der Waals surface area contributed by atoms with Gasteiger partial charge in [0.1, 0.15) is 11.6 Å². The summed E-state index contributed by atoms with van der Waals surface area (Å²) in [5.74, 6) is 0.381. The summed E-state index contributed by atoms with van der Waals surface area (Å²) in [7, 11) is 1.68. The molecule has 1 heterocycles. The summed E-state index contributed by atoms with van der Waals surface area (Å²) in [6.07, 6.45) is 2.14. The second-order valence-electron chi connectivity index (χ2n) is 11.8. The molecule has 0 saturated heterocycles. The molecule has 0 radical (unpaired) electrons. The Balaban J connectivity index is 2.18. The quantitative estimate of drug-likeness (QED) is 0.230. The van der Waals surface area contributed by atoms with Gasteiger partial charge in [0.05, 0.1) is 43.7 Å². The Hall–Kier alpha value is -3.29. The van der Waals surface area contributed by atoms with Crippen LogP contribution in [-0.2, 0) is 11.0 Å². The van der Waals surface area contributed by atoms with Gasteiger partial charge in [0.25, 0.3) is 0 Å². The van der Waals surface area contributed by atoms with Gasteiger partial charge in [-0.3, -0.25) is 10.2 Å². The van der Waals surface area contributed by atoms with Crippen LogP contribution in [0.1, 0.15) is 109 Å². The SMILES string of the molecule is CCCN(CC)c1cc(C(=O)CN2C(=N)c3c(cc(OCC)c(OCC)c3F)C2(CC)CC)cc(C(C)(C)C)c1OC. The van der Waals surface area contributed by atoms with E-state index < -0.39 is 11.4 Å². The Labute approximate surface area is 251 Å². The molecule has 0 spiro atoms. The van der Waals surface area contributed by atoms with E-state index in [2.05, 4.69) is 39.5 Å². The third-order valence-corrected chi connectivity index (χ3v) is 8.39. The first-order valence-corrected chi connectivity index (χ1v) is 15.4. The number of methoxy groups -OCH3 is 1. The van der Waals surface area contributed by atoms with Gasteiger partial charge in [0.2, 0.25) is 0 Å². The number of hydrogen-bond acceptors (Lipinski definition) is 6. The van der Waals surface area contributed by atoms with Gasteiger partial charge in [0.15, 0.2) is 23.1 Å². The molecule has 2 aromatic rings. The molecule has 42 heavy (non-hydrogen) atoms. The van der Waals surface area contributed by atoms with Gasteiger partial charge in [-0.2, -0.15) is 0 Å². The number of hydrogen-bond donors (Lipinski definition) is 1. The average Bonchev–Trinajstić information content (AvgIpc) is 3.19. The summed E-state index contributed by atoms with van der Waals surface area (Å²) in [5, 5.41) is 9.16. The molecule has 7 nitrogen and oxygen atoms in total. The van der Waals surface area contributed by atoms with Crippen LogP contribution in [0.2, 0.25) is 0 Å². The van der Waals surface area contributed by atoms with Crippen LogP contribution in [-0.4, -0.2) is 56.5 Å². The third-order valence-electron chi connectivity index (χ3n) is 8.39. The number of Topliss-reactive ketones (excluding diaryl/α,β-unsaturated/α-hetero) is 1. The Morgan fingerprint density at radius 1 is 1.00 bits per heavy atom. The number of halogens is 1. The first-order chi connectivity index (χ1) is 19.9. The van der Waals surface area contributed by atoms with Gasteiger partial charge in [-0.25, -0.2) is 4.39 Å². The molecule has 1 N–H and O–H groups in total. The summed E-state index contributed by atoms with van der Waals surface area (Å²) < 4.78 is 33.5. The van der Waals surface area contributed by atoms with Crippen LogP contribution in [0.15, 0.2) is 18.2 Å². The second-order valence-corrected chi connectivity index (χ2v) is 11.8. The lowest BCUT2D eigenvalue weighted by molar-refractivity contribution is 0.0884. The van der Waals surface area contributed by atoms with E-state index in [0.717, 1.165) is 36.5 Å². The van der Waals surface area contributed by atoms with E-state index in [0.29, 0.717) is 36.3 Å². The van der Waals surface area contributed by atoms with E-state index in [4.69, 9.17) is 19.6 Å². The van der Waals surface area contributed by atoms with Crippen molar-refractivity contribution >= 4 is 17.3 Å². The van der Waals surface area contributed by atoms with Crippen molar-refractivity contribution in [2.45, 2.75) is 92.5 Å². The number of rotatable bonds is 14. The largest absolute Gasteiger partial charge is 0.494 e. The van der Waals surface area contributed by atoms with E-state index in [9.17, 15) is 4.79 Å². The number of carbonyl (C=O) groups is 1. The molecular weight excluding hydrogens is 533 g/mol. The van der Waals surface area contributed by atoms with Crippen LogP contribution in [0.3, 0.4) is 0 Å². The molecule has 1 aliphatic rings. The molecule has 0 fully saturated rings. The highest BCUT2D eigenvalue weighted by Crippen LogP contribution is 2.50. The lowest BCUT2D eigenvalue weighted by atomic mass is 9.83. The molecule has 232 valence electrons. The number of carbonyl (C=O) groups excluding carboxylic acids is 1. The van der Waals surface area contributed by atoms with Gasteiger partial charge in [-0.05, 0) is 69.2 Å². The van der Waals surface area contributed by atoms with Gasteiger partial charge in [-0.15, -0.1) is 0 Å². The van der Waals surface area contributed by atoms with Crippen molar-refractivity contribution in [1.82, 2.24) is 4.90 Å². The number of ether oxygens (including phenoxy) is 3. The number of nitrogens with one attached hydrogen (secondary N) is 1. The summed E-state index contributed by atoms with van der Waals surface area (Å²) in [6, 6.07) is 5.66. The summed E-state index contributed by atoms with van der Waals surface area (Å²) in [5.41, 5.74) is 2.24. The van der Waals surface area contributed by atoms with Crippen LogP contribution in [0.25, 0.3) is 0 Å². The fourth-order valence-corrected chi connectivity index (χ4v) is 6.22. The number of nitrogens with zero attached hydrogens (tertiary/aromatic N) is 2. The highest BCUT2D eigenvalue weighted by molar-refractivity contribution is 6.07. The zero-order valence-electron chi connectivity index (χ0n) is 27.3. The number of fused-ring (bicyclic) bond motifs is 1. The van der Waals surface area contributed by atoms with Crippen LogP contribution >= 0.6 is 0 Å². The molecule has 0 saturated carbocycles. The number of benzene rings is 2. The number of amidine groups is 1. The van der Waals surface area contributed by atoms with Crippen molar-refractivity contribution in [3.05, 3.63) is 46.3 Å². The first-order valence-electron chi connectivity index (χ1n) is 15.4. The highest BCUT2D eigenvalue weighted by atomic mass is 19.1. The molecule has 2 aromatic carbocycles. The van der Waals surface area contributed by atoms with E-state index in [1.165, 1.54) is 0 Å². The smallest absolute Gasteiger partial charge is 0.197 e. The molecular formula is C34H50FN3O4. The Morgan fingerprint density at radius 2 is 1.64 bits per heavy atom. The lowest BCUT2D eigenvalue weighted by Gasteiger charge is -2.39. The zero-order valence-corrected chi connectivity index (χ0v) is 27.3. The maximum Gasteiger partial charge on any atom is 0.197 e. The summed E-state index contributed by atoms with van der Waals surface area (Å²) >= 11 is 0. The standard InChI is InChI=1S/C34H50FN3O4/c1-11-17-37(14-4)25-19-22(18-24(30(25)40-10)33(7,8)9)26(39)21-38-32(36)28-23(34(38,12-2)13-3)20-27(41-15-5)31(29(28)35)42-16-6/h18-20,36H,11-17,21H2,1-10H3. The van der Waals surface area contributed by atoms with Crippen LogP contribution in [0, 0.1) is 11.2 Å². The first kappa shape index (κ1) is 33.2. The Bertz CT molecular complexity index is 1300. The highest BCUT2D eigenvalue weighted by Gasteiger charge is 2.49. The van der Waals surface area contributed by atoms with E-state index in [-0.39, 0.29) is 41.5 Å². The van der Waals surface area contributed by atoms with Crippen molar-refractivity contribution in [2.24, 2.45) is 0 Å². The van der Waals surface area contributed by atoms with Crippen molar-refractivity contribution in [2.75, 3.05) is 44.9 Å². The molecule has 1 aliphatic heterocycles. The molecule has 0 aromatic heterocycles.